The van der Waals surface area contributed by atoms with E-state index in [4.69, 9.17) is 5.73 Å². The minimum absolute atomic E-state index is 0.203. The third-order valence-electron chi connectivity index (χ3n) is 4.74. The highest BCUT2D eigenvalue weighted by atomic mass is 79.9. The number of nitrogens with one attached hydrogen (secondary N) is 2. The fourth-order valence-electron chi connectivity index (χ4n) is 3.38. The van der Waals surface area contributed by atoms with Crippen molar-refractivity contribution in [1.29, 1.82) is 0 Å². The van der Waals surface area contributed by atoms with E-state index in [1.807, 2.05) is 0 Å². The predicted molar refractivity (Wildman–Crippen MR) is 105 cm³/mol. The number of nitrogens with zero attached hydrogens (tertiary/aromatic N) is 3. The monoisotopic (exact) mass is 414 g/mol. The number of carbonyl (C=O) groups is 1. The molecule has 1 atom stereocenters. The molecule has 0 unspecified atom stereocenters. The number of anilines is 2. The topological polar surface area (TPSA) is 99.9 Å². The summed E-state index contributed by atoms with van der Waals surface area (Å²) in [6.07, 6.45) is 7.82. The van der Waals surface area contributed by atoms with Gasteiger partial charge in [0.2, 0.25) is 0 Å². The lowest BCUT2D eigenvalue weighted by molar-refractivity contribution is 0.102. The van der Waals surface area contributed by atoms with Crippen LogP contribution >= 0.6 is 15.9 Å². The maximum atomic E-state index is 12.5. The fraction of sp³-hybridized carbons (Fsp3) is 0.278. The van der Waals surface area contributed by atoms with Gasteiger partial charge in [-0.2, -0.15) is 0 Å². The van der Waals surface area contributed by atoms with Crippen LogP contribution in [0.1, 0.15) is 16.8 Å². The molecular weight excluding hydrogens is 396 g/mol. The van der Waals surface area contributed by atoms with Gasteiger partial charge in [-0.3, -0.25) is 9.78 Å². The second kappa shape index (κ2) is 7.05. The van der Waals surface area contributed by atoms with Gasteiger partial charge in [0.05, 0.1) is 26.8 Å². The summed E-state index contributed by atoms with van der Waals surface area (Å²) < 4.78 is 0.902. The van der Waals surface area contributed by atoms with Gasteiger partial charge in [0.25, 0.3) is 5.91 Å². The van der Waals surface area contributed by atoms with Crippen LogP contribution in [0.15, 0.2) is 41.4 Å². The molecule has 0 aromatic carbocycles. The third-order valence-corrected chi connectivity index (χ3v) is 5.32. The molecule has 26 heavy (non-hydrogen) atoms. The molecule has 0 spiro atoms. The molecule has 0 aliphatic carbocycles. The van der Waals surface area contributed by atoms with E-state index in [1.165, 1.54) is 0 Å². The second-order valence-electron chi connectivity index (χ2n) is 6.41. The molecular formula is C18H19BrN6O. The van der Waals surface area contributed by atoms with Crippen molar-refractivity contribution in [2.24, 2.45) is 11.7 Å². The molecule has 8 heteroatoms. The van der Waals surface area contributed by atoms with Gasteiger partial charge in [0, 0.05) is 37.9 Å². The third kappa shape index (κ3) is 3.06. The molecule has 1 aliphatic heterocycles. The molecule has 1 fully saturated rings. The van der Waals surface area contributed by atoms with Crippen molar-refractivity contribution in [2.45, 2.75) is 6.42 Å². The van der Waals surface area contributed by atoms with E-state index in [-0.39, 0.29) is 5.91 Å². The molecule has 3 aromatic rings. The van der Waals surface area contributed by atoms with E-state index in [0.717, 1.165) is 40.7 Å². The zero-order valence-corrected chi connectivity index (χ0v) is 15.7. The van der Waals surface area contributed by atoms with Crippen molar-refractivity contribution in [3.05, 3.63) is 47.0 Å². The van der Waals surface area contributed by atoms with E-state index in [2.05, 4.69) is 41.1 Å². The number of carbonyl (C=O) groups excluding carboxylic acids is 1. The molecule has 0 radical (unpaired) electrons. The normalized spacial score (nSPS) is 17.0. The van der Waals surface area contributed by atoms with Crippen LogP contribution in [0.3, 0.4) is 0 Å². The van der Waals surface area contributed by atoms with Crippen LogP contribution in [0.2, 0.25) is 0 Å². The van der Waals surface area contributed by atoms with Gasteiger partial charge in [-0.25, -0.2) is 4.98 Å². The number of aromatic amines is 1. The van der Waals surface area contributed by atoms with Gasteiger partial charge in [-0.05, 0) is 46.9 Å². The number of amides is 1. The summed E-state index contributed by atoms with van der Waals surface area (Å²) in [5.74, 6) is 0.281. The van der Waals surface area contributed by atoms with Gasteiger partial charge >= 0.3 is 0 Å². The number of pyridine rings is 2. The van der Waals surface area contributed by atoms with Gasteiger partial charge in [0.1, 0.15) is 5.65 Å². The minimum Gasteiger partial charge on any atom is -0.370 e. The average molecular weight is 415 g/mol. The van der Waals surface area contributed by atoms with E-state index in [1.54, 1.807) is 36.9 Å². The zero-order chi connectivity index (χ0) is 18.1. The maximum absolute atomic E-state index is 12.5. The van der Waals surface area contributed by atoms with Gasteiger partial charge in [-0.1, -0.05) is 0 Å². The fourth-order valence-corrected chi connectivity index (χ4v) is 3.93. The van der Waals surface area contributed by atoms with Gasteiger partial charge < -0.3 is 20.9 Å². The number of hydrogen-bond donors (Lipinski definition) is 3. The molecule has 134 valence electrons. The predicted octanol–water partition coefficient (Wildman–Crippen LogP) is 2.76. The molecule has 1 aliphatic rings. The minimum atomic E-state index is -0.203. The van der Waals surface area contributed by atoms with Crippen molar-refractivity contribution in [3.63, 3.8) is 0 Å². The highest BCUT2D eigenvalue weighted by molar-refractivity contribution is 9.10. The average Bonchev–Trinajstić information content (AvgIpc) is 3.30. The lowest BCUT2D eigenvalue weighted by Crippen LogP contribution is -2.23. The highest BCUT2D eigenvalue weighted by Gasteiger charge is 2.26. The Morgan fingerprint density at radius 1 is 1.46 bits per heavy atom. The zero-order valence-electron chi connectivity index (χ0n) is 14.1. The van der Waals surface area contributed by atoms with Crippen LogP contribution in [0, 0.1) is 5.92 Å². The van der Waals surface area contributed by atoms with Crippen molar-refractivity contribution in [2.75, 3.05) is 29.9 Å². The van der Waals surface area contributed by atoms with Crippen LogP contribution in [0.25, 0.3) is 11.0 Å². The Hall–Kier alpha value is -2.45. The molecule has 0 saturated carbocycles. The molecule has 7 nitrogen and oxygen atoms in total. The molecule has 0 bridgehead atoms. The molecule has 1 saturated heterocycles. The number of rotatable bonds is 4. The molecule has 1 amide bonds. The first-order valence-corrected chi connectivity index (χ1v) is 9.28. The van der Waals surface area contributed by atoms with Gasteiger partial charge in [-0.15, -0.1) is 0 Å². The summed E-state index contributed by atoms with van der Waals surface area (Å²) in [6, 6.07) is 3.48. The van der Waals surface area contributed by atoms with Crippen LogP contribution in [-0.2, 0) is 0 Å². The first-order valence-electron chi connectivity index (χ1n) is 8.49. The number of fused-ring (bicyclic) bond motifs is 1. The highest BCUT2D eigenvalue weighted by Crippen LogP contribution is 2.39. The Morgan fingerprint density at radius 3 is 3.08 bits per heavy atom. The summed E-state index contributed by atoms with van der Waals surface area (Å²) in [4.78, 5) is 26.4. The standard InChI is InChI=1S/C18H19BrN6O/c19-13-8-22-17-15(16(13)25-5-3-11(6-20)10-25)14(9-23-17)24-18(26)12-2-1-4-21-7-12/h1-2,4,7-9,11H,3,5-6,10,20H2,(H,22,23)(H,24,26)/t11-/m0/s1. The molecule has 3 aromatic heterocycles. The van der Waals surface area contributed by atoms with E-state index in [9.17, 15) is 4.79 Å². The second-order valence-corrected chi connectivity index (χ2v) is 7.27. The Bertz CT molecular complexity index is 942. The number of aromatic nitrogens is 3. The Balaban J connectivity index is 1.72. The SMILES string of the molecule is NC[C@@H]1CCN(c2c(Br)cnc3[nH]cc(NC(=O)c4cccnc4)c23)C1. The lowest BCUT2D eigenvalue weighted by atomic mass is 10.1. The first-order chi connectivity index (χ1) is 12.7. The summed E-state index contributed by atoms with van der Waals surface area (Å²) in [5.41, 5.74) is 8.83. The number of hydrogen-bond acceptors (Lipinski definition) is 5. The Morgan fingerprint density at radius 2 is 2.35 bits per heavy atom. The largest absolute Gasteiger partial charge is 0.370 e. The van der Waals surface area contributed by atoms with E-state index < -0.39 is 0 Å². The van der Waals surface area contributed by atoms with Crippen molar-refractivity contribution < 1.29 is 4.79 Å². The quantitative estimate of drug-likeness (QED) is 0.609. The Labute approximate surface area is 159 Å². The van der Waals surface area contributed by atoms with Gasteiger partial charge in [0.15, 0.2) is 0 Å². The molecule has 4 heterocycles. The van der Waals surface area contributed by atoms with Crippen LogP contribution in [-0.4, -0.2) is 40.5 Å². The number of halogens is 1. The molecule has 4 N–H and O–H groups in total. The van der Waals surface area contributed by atoms with Crippen LogP contribution < -0.4 is 16.0 Å². The van der Waals surface area contributed by atoms with Crippen molar-refractivity contribution in [1.82, 2.24) is 15.0 Å². The summed E-state index contributed by atoms with van der Waals surface area (Å²) in [5, 5.41) is 3.87. The summed E-state index contributed by atoms with van der Waals surface area (Å²) >= 11 is 3.63. The molecule has 4 rings (SSSR count). The Kier molecular flexibility index (Phi) is 4.60. The number of H-pyrrole nitrogens is 1. The van der Waals surface area contributed by atoms with E-state index in [0.29, 0.717) is 23.7 Å². The van der Waals surface area contributed by atoms with Crippen molar-refractivity contribution in [3.8, 4) is 0 Å². The first kappa shape index (κ1) is 17.0. The summed E-state index contributed by atoms with van der Waals surface area (Å²) in [7, 11) is 0. The van der Waals surface area contributed by atoms with E-state index >= 15 is 0 Å². The van der Waals surface area contributed by atoms with Crippen molar-refractivity contribution >= 4 is 44.2 Å². The van der Waals surface area contributed by atoms with Crippen LogP contribution in [0.5, 0.6) is 0 Å². The number of nitrogens with two attached hydrogens (primary N) is 1. The maximum Gasteiger partial charge on any atom is 0.257 e. The summed E-state index contributed by atoms with van der Waals surface area (Å²) in [6.45, 7) is 2.51. The lowest BCUT2D eigenvalue weighted by Gasteiger charge is -2.21. The van der Waals surface area contributed by atoms with Crippen LogP contribution in [0.4, 0.5) is 11.4 Å². The smallest absolute Gasteiger partial charge is 0.257 e.